The zero-order valence-corrected chi connectivity index (χ0v) is 16.8. The number of anilines is 1. The Kier molecular flexibility index (Phi) is 5.33. The van der Waals surface area contributed by atoms with E-state index in [9.17, 15) is 9.59 Å². The number of fused-ring (bicyclic) bond motifs is 2. The van der Waals surface area contributed by atoms with Gasteiger partial charge in [-0.15, -0.1) is 11.8 Å². The predicted octanol–water partition coefficient (Wildman–Crippen LogP) is 4.90. The number of rotatable bonds is 3. The molecule has 0 unspecified atom stereocenters. The molecule has 3 aromatic rings. The summed E-state index contributed by atoms with van der Waals surface area (Å²) in [5, 5.41) is 1.46. The topological polar surface area (TPSA) is 62.4 Å². The largest absolute Gasteiger partial charge is 0.451 e. The van der Waals surface area contributed by atoms with Crippen molar-refractivity contribution in [1.82, 2.24) is 4.98 Å². The third kappa shape index (κ3) is 3.62. The summed E-state index contributed by atoms with van der Waals surface area (Å²) in [4.78, 5) is 31.0. The maximum absolute atomic E-state index is 12.8. The van der Waals surface area contributed by atoms with Gasteiger partial charge in [0.15, 0.2) is 6.61 Å². The number of aromatic nitrogens is 1. The fourth-order valence-corrected chi connectivity index (χ4v) is 4.67. The van der Waals surface area contributed by atoms with E-state index in [1.54, 1.807) is 16.7 Å². The highest BCUT2D eigenvalue weighted by Crippen LogP contribution is 2.37. The number of carbonyl (C=O) groups excluding carboxylic acids is 2. The van der Waals surface area contributed by atoms with E-state index >= 15 is 0 Å². The van der Waals surface area contributed by atoms with Crippen LogP contribution in [0.1, 0.15) is 23.8 Å². The number of esters is 1. The van der Waals surface area contributed by atoms with Crippen molar-refractivity contribution in [2.24, 2.45) is 0 Å². The summed E-state index contributed by atoms with van der Waals surface area (Å²) < 4.78 is 5.28. The van der Waals surface area contributed by atoms with Gasteiger partial charge < -0.3 is 14.6 Å². The van der Waals surface area contributed by atoms with Crippen molar-refractivity contribution in [2.75, 3.05) is 18.1 Å². The van der Waals surface area contributed by atoms with Gasteiger partial charge in [-0.3, -0.25) is 4.79 Å². The molecule has 5 nitrogen and oxygen atoms in total. The summed E-state index contributed by atoms with van der Waals surface area (Å²) in [6, 6.07) is 15.2. The Morgan fingerprint density at radius 2 is 1.96 bits per heavy atom. The van der Waals surface area contributed by atoms with Gasteiger partial charge >= 0.3 is 5.97 Å². The average molecular weight is 415 g/mol. The molecule has 0 saturated heterocycles. The number of H-pyrrole nitrogens is 1. The highest BCUT2D eigenvalue weighted by atomic mass is 35.5. The van der Waals surface area contributed by atoms with E-state index in [2.05, 4.69) is 11.9 Å². The van der Waals surface area contributed by atoms with Crippen LogP contribution in [0.15, 0.2) is 53.4 Å². The fourth-order valence-electron chi connectivity index (χ4n) is 3.27. The van der Waals surface area contributed by atoms with Crippen molar-refractivity contribution in [3.8, 4) is 0 Å². The minimum atomic E-state index is -0.639. The van der Waals surface area contributed by atoms with Crippen molar-refractivity contribution in [3.05, 3.63) is 59.2 Å². The van der Waals surface area contributed by atoms with Crippen LogP contribution in [0.3, 0.4) is 0 Å². The van der Waals surface area contributed by atoms with E-state index in [0.717, 1.165) is 27.9 Å². The fraction of sp³-hybridized carbons (Fsp3) is 0.238. The molecular weight excluding hydrogens is 396 g/mol. The zero-order chi connectivity index (χ0) is 19.7. The first-order valence-electron chi connectivity index (χ1n) is 9.04. The molecule has 0 radical (unpaired) electrons. The molecule has 7 heteroatoms. The molecule has 1 atom stereocenters. The number of benzene rings is 2. The van der Waals surface area contributed by atoms with Crippen LogP contribution in [0.5, 0.6) is 0 Å². The molecular formula is C21H19ClN2O3S. The minimum Gasteiger partial charge on any atom is -0.451 e. The number of amides is 1. The van der Waals surface area contributed by atoms with Gasteiger partial charge in [0.1, 0.15) is 5.69 Å². The number of thioether (sulfide) groups is 1. The second-order valence-electron chi connectivity index (χ2n) is 6.67. The molecule has 0 bridgehead atoms. The molecule has 1 aliphatic heterocycles. The number of ether oxygens (including phenoxy) is 1. The molecule has 2 heterocycles. The van der Waals surface area contributed by atoms with Gasteiger partial charge in [-0.05, 0) is 24.6 Å². The van der Waals surface area contributed by atoms with Crippen LogP contribution >= 0.6 is 23.4 Å². The summed E-state index contributed by atoms with van der Waals surface area (Å²) in [5.74, 6) is -0.886. The number of nitrogens with zero attached hydrogens (tertiary/aromatic N) is 1. The molecule has 1 aromatic heterocycles. The van der Waals surface area contributed by atoms with Crippen molar-refractivity contribution in [2.45, 2.75) is 23.5 Å². The smallest absolute Gasteiger partial charge is 0.356 e. The third-order valence-electron chi connectivity index (χ3n) is 4.72. The summed E-state index contributed by atoms with van der Waals surface area (Å²) in [7, 11) is 0. The molecule has 4 rings (SSSR count). The summed E-state index contributed by atoms with van der Waals surface area (Å²) in [6.07, 6.45) is 0.868. The molecule has 1 N–H and O–H groups in total. The van der Waals surface area contributed by atoms with Gasteiger partial charge in [0.05, 0.1) is 10.7 Å². The van der Waals surface area contributed by atoms with Crippen LogP contribution in [0.4, 0.5) is 5.69 Å². The Morgan fingerprint density at radius 1 is 1.21 bits per heavy atom. The summed E-state index contributed by atoms with van der Waals surface area (Å²) >= 11 is 8.05. The molecule has 1 amide bonds. The first kappa shape index (κ1) is 18.9. The molecule has 2 aromatic carbocycles. The van der Waals surface area contributed by atoms with Gasteiger partial charge in [-0.25, -0.2) is 4.79 Å². The lowest BCUT2D eigenvalue weighted by Gasteiger charge is -2.22. The number of carbonyl (C=O) groups is 2. The first-order chi connectivity index (χ1) is 13.5. The standard InChI is InChI=1S/C21H19ClN2O3S/c1-13-10-11-24(16-8-4-5-9-17(16)28-13)18(25)12-27-21(26)20-19(22)14-6-2-3-7-15(14)23-20/h2-9,13,23H,10-12H2,1H3/t13-/m0/s1. The van der Waals surface area contributed by atoms with E-state index in [-0.39, 0.29) is 18.2 Å². The molecule has 0 fully saturated rings. The van der Waals surface area contributed by atoms with Crippen molar-refractivity contribution in [1.29, 1.82) is 0 Å². The van der Waals surface area contributed by atoms with Gasteiger partial charge in [-0.2, -0.15) is 0 Å². The number of halogens is 1. The number of nitrogens with one attached hydrogen (secondary N) is 1. The molecule has 144 valence electrons. The highest BCUT2D eigenvalue weighted by Gasteiger charge is 2.26. The summed E-state index contributed by atoms with van der Waals surface area (Å²) in [6.45, 7) is 2.40. The van der Waals surface area contributed by atoms with Crippen molar-refractivity contribution < 1.29 is 14.3 Å². The van der Waals surface area contributed by atoms with Crippen LogP contribution in [-0.4, -0.2) is 35.3 Å². The number of hydrogen-bond acceptors (Lipinski definition) is 4. The van der Waals surface area contributed by atoms with E-state index < -0.39 is 5.97 Å². The maximum atomic E-state index is 12.8. The third-order valence-corrected chi connectivity index (χ3v) is 6.35. The Bertz CT molecular complexity index is 1050. The lowest BCUT2D eigenvalue weighted by molar-refractivity contribution is -0.121. The van der Waals surface area contributed by atoms with Crippen LogP contribution in [0.2, 0.25) is 5.02 Å². The number of aromatic amines is 1. The normalized spacial score (nSPS) is 16.5. The second kappa shape index (κ2) is 7.89. The second-order valence-corrected chi connectivity index (χ2v) is 8.52. The highest BCUT2D eigenvalue weighted by molar-refractivity contribution is 8.00. The van der Waals surface area contributed by atoms with Crippen molar-refractivity contribution >= 4 is 51.8 Å². The van der Waals surface area contributed by atoms with E-state index in [0.29, 0.717) is 16.8 Å². The van der Waals surface area contributed by atoms with E-state index in [1.165, 1.54) is 0 Å². The average Bonchev–Trinajstić information content (AvgIpc) is 2.94. The quantitative estimate of drug-likeness (QED) is 0.619. The summed E-state index contributed by atoms with van der Waals surface area (Å²) in [5.41, 5.74) is 1.77. The zero-order valence-electron chi connectivity index (χ0n) is 15.3. The SMILES string of the molecule is C[C@H]1CCN(C(=O)COC(=O)c2[nH]c3ccccc3c2Cl)c2ccccc2S1. The Hall–Kier alpha value is -2.44. The minimum absolute atomic E-state index is 0.163. The van der Waals surface area contributed by atoms with E-state index in [1.807, 2.05) is 48.5 Å². The van der Waals surface area contributed by atoms with Crippen LogP contribution < -0.4 is 4.90 Å². The molecule has 0 spiro atoms. The molecule has 28 heavy (non-hydrogen) atoms. The van der Waals surface area contributed by atoms with Crippen LogP contribution in [-0.2, 0) is 9.53 Å². The first-order valence-corrected chi connectivity index (χ1v) is 10.3. The van der Waals surface area contributed by atoms with Gasteiger partial charge in [-0.1, -0.05) is 48.9 Å². The predicted molar refractivity (Wildman–Crippen MR) is 112 cm³/mol. The molecule has 0 aliphatic carbocycles. The maximum Gasteiger partial charge on any atom is 0.356 e. The Labute approximate surface area is 172 Å². The lowest BCUT2D eigenvalue weighted by atomic mass is 10.2. The monoisotopic (exact) mass is 414 g/mol. The Balaban J connectivity index is 1.49. The van der Waals surface area contributed by atoms with Crippen LogP contribution in [0.25, 0.3) is 10.9 Å². The molecule has 0 saturated carbocycles. The lowest BCUT2D eigenvalue weighted by Crippen LogP contribution is -2.35. The Morgan fingerprint density at radius 3 is 2.79 bits per heavy atom. The number of para-hydroxylation sites is 2. The van der Waals surface area contributed by atoms with Gasteiger partial charge in [0.2, 0.25) is 0 Å². The van der Waals surface area contributed by atoms with Crippen molar-refractivity contribution in [3.63, 3.8) is 0 Å². The number of hydrogen-bond donors (Lipinski definition) is 1. The van der Waals surface area contributed by atoms with Gasteiger partial charge in [0.25, 0.3) is 5.91 Å². The van der Waals surface area contributed by atoms with Crippen LogP contribution in [0, 0.1) is 0 Å². The molecule has 1 aliphatic rings. The van der Waals surface area contributed by atoms with Gasteiger partial charge in [0, 0.05) is 27.6 Å². The van der Waals surface area contributed by atoms with E-state index in [4.69, 9.17) is 16.3 Å².